The Labute approximate surface area is 201 Å². The molecule has 1 amide bonds. The molecule has 0 saturated carbocycles. The Morgan fingerprint density at radius 3 is 2.67 bits per heavy atom. The van der Waals surface area contributed by atoms with Crippen LogP contribution in [0.2, 0.25) is 0 Å². The first kappa shape index (κ1) is 21.8. The summed E-state index contributed by atoms with van der Waals surface area (Å²) in [5, 5.41) is 7.68. The number of fused-ring (bicyclic) bond motifs is 1. The Hall–Kier alpha value is -3.03. The summed E-state index contributed by atoms with van der Waals surface area (Å²) >= 11 is 3.42. The van der Waals surface area contributed by atoms with Gasteiger partial charge in [0.25, 0.3) is 5.91 Å². The van der Waals surface area contributed by atoms with E-state index in [1.54, 1.807) is 41.4 Å². The SMILES string of the molecule is CSc1ccc([C@@H](Nc2ccccn2)c2c(NC(=O)c3ccco3)sc3c2CCCC3)cc1. The third-order valence-corrected chi connectivity index (χ3v) is 7.85. The number of aromatic nitrogens is 1. The van der Waals surface area contributed by atoms with E-state index in [1.807, 2.05) is 18.2 Å². The number of benzene rings is 1. The molecule has 0 aliphatic heterocycles. The Bertz CT molecular complexity index is 1220. The van der Waals surface area contributed by atoms with Crippen LogP contribution in [-0.2, 0) is 12.8 Å². The third-order valence-electron chi connectivity index (χ3n) is 5.88. The molecule has 3 aromatic heterocycles. The summed E-state index contributed by atoms with van der Waals surface area (Å²) in [6, 6.07) is 17.8. The summed E-state index contributed by atoms with van der Waals surface area (Å²) in [6.07, 6.45) is 9.79. The highest BCUT2D eigenvalue weighted by Gasteiger charge is 2.29. The van der Waals surface area contributed by atoms with Gasteiger partial charge < -0.3 is 15.1 Å². The van der Waals surface area contributed by atoms with Crippen molar-refractivity contribution >= 4 is 39.8 Å². The van der Waals surface area contributed by atoms with Gasteiger partial charge in [0.15, 0.2) is 5.76 Å². The Morgan fingerprint density at radius 1 is 1.09 bits per heavy atom. The molecule has 1 aliphatic carbocycles. The van der Waals surface area contributed by atoms with Crippen molar-refractivity contribution in [1.82, 2.24) is 4.98 Å². The predicted molar refractivity (Wildman–Crippen MR) is 136 cm³/mol. The van der Waals surface area contributed by atoms with Crippen molar-refractivity contribution in [2.24, 2.45) is 0 Å². The molecule has 3 heterocycles. The van der Waals surface area contributed by atoms with Gasteiger partial charge in [-0.15, -0.1) is 23.1 Å². The number of thiophene rings is 1. The lowest BCUT2D eigenvalue weighted by Crippen LogP contribution is -2.18. The first-order chi connectivity index (χ1) is 16.2. The normalized spacial score (nSPS) is 13.8. The first-order valence-corrected chi connectivity index (χ1v) is 13.1. The summed E-state index contributed by atoms with van der Waals surface area (Å²) in [5.74, 6) is 0.885. The average Bonchev–Trinajstić information content (AvgIpc) is 3.52. The van der Waals surface area contributed by atoms with Crippen molar-refractivity contribution < 1.29 is 9.21 Å². The molecule has 33 heavy (non-hydrogen) atoms. The van der Waals surface area contributed by atoms with Crippen molar-refractivity contribution in [3.63, 3.8) is 0 Å². The molecule has 1 aromatic carbocycles. The second-order valence-corrected chi connectivity index (χ2v) is 9.94. The molecule has 5 nitrogen and oxygen atoms in total. The molecule has 0 spiro atoms. The van der Waals surface area contributed by atoms with E-state index < -0.39 is 0 Å². The van der Waals surface area contributed by atoms with E-state index in [-0.39, 0.29) is 11.9 Å². The topological polar surface area (TPSA) is 67.2 Å². The maximum atomic E-state index is 12.9. The molecule has 0 unspecified atom stereocenters. The zero-order valence-electron chi connectivity index (χ0n) is 18.3. The van der Waals surface area contributed by atoms with Crippen LogP contribution in [0.15, 0.2) is 76.4 Å². The van der Waals surface area contributed by atoms with Gasteiger partial charge in [-0.1, -0.05) is 18.2 Å². The molecule has 5 rings (SSSR count). The monoisotopic (exact) mass is 475 g/mol. The van der Waals surface area contributed by atoms with Gasteiger partial charge in [0.1, 0.15) is 10.8 Å². The number of furan rings is 1. The van der Waals surface area contributed by atoms with E-state index >= 15 is 0 Å². The van der Waals surface area contributed by atoms with Crippen molar-refractivity contribution in [1.29, 1.82) is 0 Å². The van der Waals surface area contributed by atoms with Crippen LogP contribution < -0.4 is 10.6 Å². The fourth-order valence-electron chi connectivity index (χ4n) is 4.28. The number of carbonyl (C=O) groups is 1. The molecule has 4 aromatic rings. The summed E-state index contributed by atoms with van der Waals surface area (Å²) in [6.45, 7) is 0. The highest BCUT2D eigenvalue weighted by Crippen LogP contribution is 2.44. The number of carbonyl (C=O) groups excluding carboxylic acids is 1. The lowest BCUT2D eigenvalue weighted by molar-refractivity contribution is 0.0997. The number of hydrogen-bond donors (Lipinski definition) is 2. The number of thioether (sulfide) groups is 1. The largest absolute Gasteiger partial charge is 0.459 e. The van der Waals surface area contributed by atoms with Crippen LogP contribution in [0.1, 0.15) is 51.0 Å². The number of aryl methyl sites for hydroxylation is 1. The fourth-order valence-corrected chi connectivity index (χ4v) is 6.01. The molecule has 1 aliphatic rings. The van der Waals surface area contributed by atoms with E-state index in [0.717, 1.165) is 41.2 Å². The second kappa shape index (κ2) is 9.85. The van der Waals surface area contributed by atoms with Crippen LogP contribution >= 0.6 is 23.1 Å². The second-order valence-electron chi connectivity index (χ2n) is 7.95. The molecule has 7 heteroatoms. The highest BCUT2D eigenvalue weighted by molar-refractivity contribution is 7.98. The van der Waals surface area contributed by atoms with Crippen molar-refractivity contribution in [2.45, 2.75) is 36.6 Å². The predicted octanol–water partition coefficient (Wildman–Crippen LogP) is 6.79. The molecular formula is C26H25N3O2S2. The van der Waals surface area contributed by atoms with Gasteiger partial charge in [0.05, 0.1) is 12.3 Å². The van der Waals surface area contributed by atoms with Crippen LogP contribution in [0.4, 0.5) is 10.8 Å². The minimum atomic E-state index is -0.228. The zero-order chi connectivity index (χ0) is 22.6. The fraction of sp³-hybridized carbons (Fsp3) is 0.231. The molecular weight excluding hydrogens is 450 g/mol. The van der Waals surface area contributed by atoms with Gasteiger partial charge in [-0.05, 0) is 79.5 Å². The minimum Gasteiger partial charge on any atom is -0.459 e. The van der Waals surface area contributed by atoms with E-state index in [9.17, 15) is 4.79 Å². The summed E-state index contributed by atoms with van der Waals surface area (Å²) < 4.78 is 5.34. The van der Waals surface area contributed by atoms with Crippen molar-refractivity contribution in [2.75, 3.05) is 16.9 Å². The smallest absolute Gasteiger partial charge is 0.291 e. The number of nitrogens with zero attached hydrogens (tertiary/aromatic N) is 1. The van der Waals surface area contributed by atoms with Gasteiger partial charge >= 0.3 is 0 Å². The van der Waals surface area contributed by atoms with Crippen LogP contribution in [0.25, 0.3) is 0 Å². The third kappa shape index (κ3) is 4.70. The van der Waals surface area contributed by atoms with Gasteiger partial charge in [-0.2, -0.15) is 0 Å². The molecule has 0 saturated heterocycles. The molecule has 2 N–H and O–H groups in total. The minimum absolute atomic E-state index is 0.138. The number of hydrogen-bond acceptors (Lipinski definition) is 6. The maximum Gasteiger partial charge on any atom is 0.291 e. The van der Waals surface area contributed by atoms with Gasteiger partial charge in [-0.25, -0.2) is 4.98 Å². The van der Waals surface area contributed by atoms with E-state index in [4.69, 9.17) is 4.42 Å². The van der Waals surface area contributed by atoms with Crippen LogP contribution in [0, 0.1) is 0 Å². The molecule has 0 radical (unpaired) electrons. The quantitative estimate of drug-likeness (QED) is 0.288. The van der Waals surface area contributed by atoms with Crippen molar-refractivity contribution in [3.8, 4) is 0 Å². The van der Waals surface area contributed by atoms with Gasteiger partial charge in [0.2, 0.25) is 0 Å². The zero-order valence-corrected chi connectivity index (χ0v) is 20.0. The number of nitrogens with one attached hydrogen (secondary N) is 2. The lowest BCUT2D eigenvalue weighted by atomic mass is 9.89. The van der Waals surface area contributed by atoms with Crippen LogP contribution in [-0.4, -0.2) is 17.1 Å². The van der Waals surface area contributed by atoms with Gasteiger partial charge in [-0.3, -0.25) is 4.79 Å². The average molecular weight is 476 g/mol. The van der Waals surface area contributed by atoms with Crippen molar-refractivity contribution in [3.05, 3.63) is 94.4 Å². The number of amides is 1. The standard InChI is InChI=1S/C26H25N3O2S2/c1-32-18-13-11-17(12-14-18)24(28-22-10-4-5-15-27-22)23-19-7-2-3-9-21(19)33-26(23)29-25(30)20-8-6-16-31-20/h4-6,8,10-16,24H,2-3,7,9H2,1H3,(H,27,28)(H,29,30)/t24-/m1/s1. The Balaban J connectivity index is 1.60. The first-order valence-electron chi connectivity index (χ1n) is 11.0. The molecule has 0 bridgehead atoms. The Morgan fingerprint density at radius 2 is 1.94 bits per heavy atom. The number of anilines is 2. The van der Waals surface area contributed by atoms with Crippen LogP contribution in [0.3, 0.4) is 0 Å². The molecule has 0 fully saturated rings. The number of pyridine rings is 1. The summed E-state index contributed by atoms with van der Waals surface area (Å²) in [4.78, 5) is 20.0. The maximum absolute atomic E-state index is 12.9. The van der Waals surface area contributed by atoms with Crippen LogP contribution in [0.5, 0.6) is 0 Å². The lowest BCUT2D eigenvalue weighted by Gasteiger charge is -2.24. The summed E-state index contributed by atoms with van der Waals surface area (Å²) in [5.41, 5.74) is 3.62. The van der Waals surface area contributed by atoms with E-state index in [2.05, 4.69) is 46.1 Å². The number of rotatable bonds is 7. The highest BCUT2D eigenvalue weighted by atomic mass is 32.2. The Kier molecular flexibility index (Phi) is 6.51. The molecule has 1 atom stereocenters. The van der Waals surface area contributed by atoms with Gasteiger partial charge in [0, 0.05) is 21.5 Å². The van der Waals surface area contributed by atoms with E-state index in [0.29, 0.717) is 5.76 Å². The molecule has 168 valence electrons. The summed E-state index contributed by atoms with van der Waals surface area (Å²) in [7, 11) is 0. The van der Waals surface area contributed by atoms with E-state index in [1.165, 1.54) is 28.0 Å².